The third-order valence-corrected chi connectivity index (χ3v) is 2.43. The number of nitrogens with zero attached hydrogens (tertiary/aromatic N) is 2. The van der Waals surface area contributed by atoms with Crippen LogP contribution in [0, 0.1) is 10.1 Å². The van der Waals surface area contributed by atoms with Crippen molar-refractivity contribution in [3.05, 3.63) is 40.4 Å². The summed E-state index contributed by atoms with van der Waals surface area (Å²) in [6, 6.07) is 7.59. The molecule has 19 heavy (non-hydrogen) atoms. The molecular formula is C12H11N3O4. The third-order valence-electron chi connectivity index (χ3n) is 2.43. The van der Waals surface area contributed by atoms with Crippen LogP contribution in [-0.4, -0.2) is 29.5 Å². The van der Waals surface area contributed by atoms with Crippen molar-refractivity contribution in [2.45, 2.75) is 0 Å². The van der Waals surface area contributed by atoms with Crippen LogP contribution in [0.3, 0.4) is 0 Å². The molecule has 98 valence electrons. The number of hydrogen-bond donors (Lipinski definition) is 1. The smallest absolute Gasteiger partial charge is 0.270 e. The van der Waals surface area contributed by atoms with Crippen molar-refractivity contribution < 1.29 is 14.5 Å². The molecule has 0 aliphatic heterocycles. The number of rotatable bonds is 4. The number of carbonyl (C=O) groups is 1. The van der Waals surface area contributed by atoms with Crippen molar-refractivity contribution >= 4 is 28.3 Å². The maximum absolute atomic E-state index is 11.3. The summed E-state index contributed by atoms with van der Waals surface area (Å²) in [5, 5.41) is 13.8. The van der Waals surface area contributed by atoms with Crippen LogP contribution in [0.4, 0.5) is 11.5 Å². The first-order valence-electron chi connectivity index (χ1n) is 5.44. The Kier molecular flexibility index (Phi) is 3.67. The molecule has 0 saturated carbocycles. The minimum atomic E-state index is -0.465. The van der Waals surface area contributed by atoms with Gasteiger partial charge in [0.15, 0.2) is 0 Å². The highest BCUT2D eigenvalue weighted by atomic mass is 16.6. The van der Waals surface area contributed by atoms with Gasteiger partial charge in [0, 0.05) is 24.6 Å². The predicted molar refractivity (Wildman–Crippen MR) is 68.9 cm³/mol. The standard InChI is InChI=1S/C12H11N3O4/c1-19-7-12(16)14-11-5-2-8-6-9(15(17)18)3-4-10(8)13-11/h2-6H,7H2,1H3,(H,13,14,16). The van der Waals surface area contributed by atoms with Gasteiger partial charge in [-0.15, -0.1) is 0 Å². The van der Waals surface area contributed by atoms with Crippen molar-refractivity contribution in [3.8, 4) is 0 Å². The second-order valence-electron chi connectivity index (χ2n) is 3.81. The average molecular weight is 261 g/mol. The molecule has 1 amide bonds. The topological polar surface area (TPSA) is 94.4 Å². The molecule has 2 aromatic rings. The lowest BCUT2D eigenvalue weighted by Gasteiger charge is -2.04. The zero-order valence-electron chi connectivity index (χ0n) is 10.1. The van der Waals surface area contributed by atoms with Crippen molar-refractivity contribution in [1.29, 1.82) is 0 Å². The van der Waals surface area contributed by atoms with Crippen molar-refractivity contribution in [2.24, 2.45) is 0 Å². The Morgan fingerprint density at radius 3 is 2.89 bits per heavy atom. The summed E-state index contributed by atoms with van der Waals surface area (Å²) < 4.78 is 4.69. The zero-order chi connectivity index (χ0) is 13.8. The lowest BCUT2D eigenvalue weighted by Crippen LogP contribution is -2.17. The van der Waals surface area contributed by atoms with Gasteiger partial charge in [-0.25, -0.2) is 4.98 Å². The van der Waals surface area contributed by atoms with E-state index in [0.717, 1.165) is 0 Å². The van der Waals surface area contributed by atoms with Crippen LogP contribution < -0.4 is 5.32 Å². The van der Waals surface area contributed by atoms with Crippen LogP contribution in [0.5, 0.6) is 0 Å². The van der Waals surface area contributed by atoms with Crippen LogP contribution in [-0.2, 0) is 9.53 Å². The summed E-state index contributed by atoms with van der Waals surface area (Å²) >= 11 is 0. The van der Waals surface area contributed by atoms with Crippen molar-refractivity contribution in [2.75, 3.05) is 19.0 Å². The van der Waals surface area contributed by atoms with Crippen LogP contribution in [0.2, 0.25) is 0 Å². The molecule has 2 rings (SSSR count). The average Bonchev–Trinajstić information content (AvgIpc) is 2.38. The molecular weight excluding hydrogens is 250 g/mol. The van der Waals surface area contributed by atoms with E-state index in [2.05, 4.69) is 10.3 Å². The van der Waals surface area contributed by atoms with Crippen molar-refractivity contribution in [1.82, 2.24) is 4.98 Å². The van der Waals surface area contributed by atoms with Gasteiger partial charge in [0.25, 0.3) is 11.6 Å². The molecule has 1 aromatic carbocycles. The minimum Gasteiger partial charge on any atom is -0.375 e. The van der Waals surface area contributed by atoms with E-state index < -0.39 is 4.92 Å². The number of anilines is 1. The molecule has 0 atom stereocenters. The number of non-ortho nitro benzene ring substituents is 1. The quantitative estimate of drug-likeness (QED) is 0.668. The van der Waals surface area contributed by atoms with Crippen molar-refractivity contribution in [3.63, 3.8) is 0 Å². The van der Waals surface area contributed by atoms with E-state index in [9.17, 15) is 14.9 Å². The van der Waals surface area contributed by atoms with Gasteiger partial charge in [0.2, 0.25) is 0 Å². The Morgan fingerprint density at radius 1 is 1.42 bits per heavy atom. The summed E-state index contributed by atoms with van der Waals surface area (Å²) in [6.45, 7) is -0.0556. The molecule has 0 aliphatic carbocycles. The summed E-state index contributed by atoms with van der Waals surface area (Å²) in [6.07, 6.45) is 0. The Labute approximate surface area is 108 Å². The monoisotopic (exact) mass is 261 g/mol. The van der Waals surface area contributed by atoms with E-state index in [-0.39, 0.29) is 18.2 Å². The van der Waals surface area contributed by atoms with Gasteiger partial charge in [0.05, 0.1) is 10.4 Å². The maximum atomic E-state index is 11.3. The summed E-state index contributed by atoms with van der Waals surface area (Å²) in [7, 11) is 1.42. The lowest BCUT2D eigenvalue weighted by atomic mass is 10.2. The van der Waals surface area contributed by atoms with Gasteiger partial charge in [-0.2, -0.15) is 0 Å². The molecule has 1 aromatic heterocycles. The number of hydrogen-bond acceptors (Lipinski definition) is 5. The molecule has 0 bridgehead atoms. The number of pyridine rings is 1. The largest absolute Gasteiger partial charge is 0.375 e. The van der Waals surface area contributed by atoms with Gasteiger partial charge in [-0.1, -0.05) is 0 Å². The van der Waals surface area contributed by atoms with Gasteiger partial charge >= 0.3 is 0 Å². The Bertz CT molecular complexity index is 642. The van der Waals surface area contributed by atoms with E-state index in [1.54, 1.807) is 18.2 Å². The SMILES string of the molecule is COCC(=O)Nc1ccc2cc([N+](=O)[O-])ccc2n1. The first kappa shape index (κ1) is 12.9. The first-order chi connectivity index (χ1) is 9.10. The number of methoxy groups -OCH3 is 1. The zero-order valence-corrected chi connectivity index (χ0v) is 10.1. The minimum absolute atomic E-state index is 0.00506. The molecule has 0 saturated heterocycles. The van der Waals surface area contributed by atoms with E-state index in [1.165, 1.54) is 19.2 Å². The number of nitro groups is 1. The molecule has 7 nitrogen and oxygen atoms in total. The van der Waals surface area contributed by atoms with Gasteiger partial charge in [-0.05, 0) is 18.2 Å². The first-order valence-corrected chi connectivity index (χ1v) is 5.44. The number of fused-ring (bicyclic) bond motifs is 1. The van der Waals surface area contributed by atoms with Gasteiger partial charge in [-0.3, -0.25) is 14.9 Å². The number of carbonyl (C=O) groups excluding carboxylic acids is 1. The number of aromatic nitrogens is 1. The Morgan fingerprint density at radius 2 is 2.21 bits per heavy atom. The number of benzene rings is 1. The fraction of sp³-hybridized carbons (Fsp3) is 0.167. The molecule has 0 aliphatic rings. The molecule has 1 N–H and O–H groups in total. The molecule has 0 unspecified atom stereocenters. The maximum Gasteiger partial charge on any atom is 0.270 e. The second-order valence-corrected chi connectivity index (χ2v) is 3.81. The van der Waals surface area contributed by atoms with Crippen LogP contribution in [0.25, 0.3) is 10.9 Å². The van der Waals surface area contributed by atoms with Crippen LogP contribution >= 0.6 is 0 Å². The summed E-state index contributed by atoms with van der Waals surface area (Å²) in [5.41, 5.74) is 0.575. The Balaban J connectivity index is 2.29. The number of nitro benzene ring substituents is 1. The molecule has 0 spiro atoms. The van der Waals surface area contributed by atoms with Gasteiger partial charge in [0.1, 0.15) is 12.4 Å². The molecule has 1 heterocycles. The van der Waals surface area contributed by atoms with Crippen LogP contribution in [0.1, 0.15) is 0 Å². The summed E-state index contributed by atoms with van der Waals surface area (Å²) in [4.78, 5) is 25.7. The predicted octanol–water partition coefficient (Wildman–Crippen LogP) is 1.73. The van der Waals surface area contributed by atoms with Gasteiger partial charge < -0.3 is 10.1 Å². The highest BCUT2D eigenvalue weighted by molar-refractivity contribution is 5.92. The highest BCUT2D eigenvalue weighted by Gasteiger charge is 2.08. The molecule has 0 fully saturated rings. The van der Waals surface area contributed by atoms with E-state index in [1.807, 2.05) is 0 Å². The number of nitrogens with one attached hydrogen (secondary N) is 1. The lowest BCUT2D eigenvalue weighted by molar-refractivity contribution is -0.384. The third kappa shape index (κ3) is 3.02. The Hall–Kier alpha value is -2.54. The second kappa shape index (κ2) is 5.40. The van der Waals surface area contributed by atoms with Crippen LogP contribution in [0.15, 0.2) is 30.3 Å². The van der Waals surface area contributed by atoms with E-state index >= 15 is 0 Å². The van der Waals surface area contributed by atoms with E-state index in [0.29, 0.717) is 16.7 Å². The molecule has 0 radical (unpaired) electrons. The van der Waals surface area contributed by atoms with E-state index in [4.69, 9.17) is 4.74 Å². The number of amides is 1. The summed E-state index contributed by atoms with van der Waals surface area (Å²) in [5.74, 6) is 0.0691. The fourth-order valence-corrected chi connectivity index (χ4v) is 1.61. The normalized spacial score (nSPS) is 10.4. The number of ether oxygens (including phenoxy) is 1. The fourth-order valence-electron chi connectivity index (χ4n) is 1.61. The molecule has 7 heteroatoms. The highest BCUT2D eigenvalue weighted by Crippen LogP contribution is 2.20.